The first-order valence-corrected chi connectivity index (χ1v) is 9.42. The van der Waals surface area contributed by atoms with Gasteiger partial charge in [-0.1, -0.05) is 12.5 Å². The Morgan fingerprint density at radius 2 is 2.00 bits per heavy atom. The molecule has 0 atom stereocenters. The Morgan fingerprint density at radius 3 is 2.52 bits per heavy atom. The van der Waals surface area contributed by atoms with Gasteiger partial charge in [0.05, 0.1) is 0 Å². The predicted octanol–water partition coefficient (Wildman–Crippen LogP) is 2.98. The zero-order chi connectivity index (χ0) is 16.4. The third kappa shape index (κ3) is 4.04. The molecule has 1 aromatic heterocycles. The van der Waals surface area contributed by atoms with Gasteiger partial charge in [0.15, 0.2) is 5.96 Å². The zero-order valence-corrected chi connectivity index (χ0v) is 17.5. The van der Waals surface area contributed by atoms with E-state index in [4.69, 9.17) is 0 Å². The molecule has 2 aliphatic carbocycles. The summed E-state index contributed by atoms with van der Waals surface area (Å²) in [6, 6.07) is 6.13. The normalized spacial score (nSPS) is 22.8. The Bertz CT molecular complexity index is 575. The lowest BCUT2D eigenvalue weighted by atomic mass is 9.65. The first kappa shape index (κ1) is 18.7. The first-order valence-electron chi connectivity index (χ1n) is 9.42. The smallest absolute Gasteiger partial charge is 0.193 e. The van der Waals surface area contributed by atoms with Gasteiger partial charge in [0.25, 0.3) is 0 Å². The number of nitrogens with zero attached hydrogens (tertiary/aromatic N) is 4. The van der Waals surface area contributed by atoms with Gasteiger partial charge >= 0.3 is 0 Å². The first-order chi connectivity index (χ1) is 11.8. The molecule has 0 amide bonds. The quantitative estimate of drug-likeness (QED) is 0.431. The molecule has 3 fully saturated rings. The predicted molar refractivity (Wildman–Crippen MR) is 114 cm³/mol. The fourth-order valence-corrected chi connectivity index (χ4v) is 4.33. The summed E-state index contributed by atoms with van der Waals surface area (Å²) in [5.41, 5.74) is 0.589. The van der Waals surface area contributed by atoms with Crippen LogP contribution in [0, 0.1) is 11.3 Å². The number of aliphatic imine (C=N–C) groups is 1. The van der Waals surface area contributed by atoms with Crippen LogP contribution in [-0.4, -0.2) is 55.6 Å². The van der Waals surface area contributed by atoms with Gasteiger partial charge in [-0.05, 0) is 49.1 Å². The standard InChI is InChI=1S/C19H29N5.HI/c1-20-18(22-15-19(8-4-9-19)16-6-7-16)24-13-11-23(12-14-24)17-5-2-3-10-21-17;/h2-3,5,10,16H,4,6-9,11-15H2,1H3,(H,20,22);1H. The average molecular weight is 455 g/mol. The number of pyridine rings is 1. The molecule has 138 valence electrons. The molecule has 0 spiro atoms. The lowest BCUT2D eigenvalue weighted by Gasteiger charge is -2.44. The number of hydrogen-bond donors (Lipinski definition) is 1. The Hall–Kier alpha value is -1.05. The van der Waals surface area contributed by atoms with E-state index in [1.54, 1.807) is 0 Å². The van der Waals surface area contributed by atoms with Crippen molar-refractivity contribution in [2.45, 2.75) is 32.1 Å². The summed E-state index contributed by atoms with van der Waals surface area (Å²) in [6.45, 7) is 5.14. The number of hydrogen-bond acceptors (Lipinski definition) is 3. The molecule has 1 saturated heterocycles. The summed E-state index contributed by atoms with van der Waals surface area (Å²) in [6.07, 6.45) is 9.01. The molecule has 2 heterocycles. The fourth-order valence-electron chi connectivity index (χ4n) is 4.33. The molecule has 0 bridgehead atoms. The number of halogens is 1. The van der Waals surface area contributed by atoms with Crippen LogP contribution in [0.4, 0.5) is 5.82 Å². The van der Waals surface area contributed by atoms with Crippen LogP contribution >= 0.6 is 24.0 Å². The fraction of sp³-hybridized carbons (Fsp3) is 0.684. The van der Waals surface area contributed by atoms with Crippen LogP contribution < -0.4 is 10.2 Å². The van der Waals surface area contributed by atoms with Crippen molar-refractivity contribution in [3.05, 3.63) is 24.4 Å². The van der Waals surface area contributed by atoms with Crippen LogP contribution in [0.15, 0.2) is 29.4 Å². The maximum Gasteiger partial charge on any atom is 0.193 e. The Morgan fingerprint density at radius 1 is 1.24 bits per heavy atom. The Kier molecular flexibility index (Phi) is 6.07. The van der Waals surface area contributed by atoms with Gasteiger partial charge in [-0.3, -0.25) is 4.99 Å². The molecule has 1 aromatic rings. The summed E-state index contributed by atoms with van der Waals surface area (Å²) in [5.74, 6) is 3.16. The second-order valence-electron chi connectivity index (χ2n) is 7.55. The largest absolute Gasteiger partial charge is 0.356 e. The number of guanidine groups is 1. The van der Waals surface area contributed by atoms with E-state index in [0.29, 0.717) is 5.41 Å². The van der Waals surface area contributed by atoms with Crippen molar-refractivity contribution in [3.8, 4) is 0 Å². The van der Waals surface area contributed by atoms with E-state index < -0.39 is 0 Å². The maximum atomic E-state index is 4.55. The Balaban J connectivity index is 0.00000182. The molecule has 1 N–H and O–H groups in total. The van der Waals surface area contributed by atoms with Gasteiger partial charge in [-0.15, -0.1) is 24.0 Å². The number of piperazine rings is 1. The monoisotopic (exact) mass is 455 g/mol. The van der Waals surface area contributed by atoms with E-state index >= 15 is 0 Å². The lowest BCUT2D eigenvalue weighted by Crippen LogP contribution is -2.55. The SMILES string of the molecule is CN=C(NCC1(C2CC2)CCC1)N1CCN(c2ccccn2)CC1.I. The molecule has 1 aliphatic heterocycles. The summed E-state index contributed by atoms with van der Waals surface area (Å²) < 4.78 is 0. The van der Waals surface area contributed by atoms with E-state index in [0.717, 1.165) is 50.4 Å². The van der Waals surface area contributed by atoms with Gasteiger partial charge in [-0.2, -0.15) is 0 Å². The summed E-state index contributed by atoms with van der Waals surface area (Å²) in [4.78, 5) is 13.8. The van der Waals surface area contributed by atoms with Gasteiger partial charge in [-0.25, -0.2) is 4.98 Å². The van der Waals surface area contributed by atoms with Crippen LogP contribution in [0.3, 0.4) is 0 Å². The van der Waals surface area contributed by atoms with Crippen molar-refractivity contribution in [2.24, 2.45) is 16.3 Å². The molecule has 0 radical (unpaired) electrons. The summed E-state index contributed by atoms with van der Waals surface area (Å²) in [5, 5.41) is 3.70. The van der Waals surface area contributed by atoms with E-state index in [9.17, 15) is 0 Å². The molecule has 25 heavy (non-hydrogen) atoms. The number of nitrogens with one attached hydrogen (secondary N) is 1. The van der Waals surface area contributed by atoms with Crippen molar-refractivity contribution in [1.82, 2.24) is 15.2 Å². The van der Waals surface area contributed by atoms with Gasteiger partial charge in [0.1, 0.15) is 5.82 Å². The van der Waals surface area contributed by atoms with Crippen molar-refractivity contribution in [3.63, 3.8) is 0 Å². The third-order valence-corrected chi connectivity index (χ3v) is 6.16. The van der Waals surface area contributed by atoms with Gasteiger partial charge < -0.3 is 15.1 Å². The van der Waals surface area contributed by atoms with Gasteiger partial charge in [0, 0.05) is 46.0 Å². The van der Waals surface area contributed by atoms with Gasteiger partial charge in [0.2, 0.25) is 0 Å². The highest BCUT2D eigenvalue weighted by atomic mass is 127. The molecule has 3 aliphatic rings. The average Bonchev–Trinajstić information content (AvgIpc) is 3.44. The minimum Gasteiger partial charge on any atom is -0.356 e. The lowest BCUT2D eigenvalue weighted by molar-refractivity contribution is 0.104. The highest BCUT2D eigenvalue weighted by Gasteiger charge is 2.48. The highest BCUT2D eigenvalue weighted by Crippen LogP contribution is 2.56. The minimum absolute atomic E-state index is 0. The molecule has 4 rings (SSSR count). The van der Waals surface area contributed by atoms with Crippen molar-refractivity contribution in [1.29, 1.82) is 0 Å². The van der Waals surface area contributed by atoms with Crippen LogP contribution in [0.2, 0.25) is 0 Å². The van der Waals surface area contributed by atoms with E-state index in [1.807, 2.05) is 19.3 Å². The van der Waals surface area contributed by atoms with E-state index in [2.05, 4.69) is 37.2 Å². The number of anilines is 1. The summed E-state index contributed by atoms with van der Waals surface area (Å²) >= 11 is 0. The molecule has 6 heteroatoms. The van der Waals surface area contributed by atoms with Crippen molar-refractivity contribution < 1.29 is 0 Å². The third-order valence-electron chi connectivity index (χ3n) is 6.16. The summed E-state index contributed by atoms with van der Waals surface area (Å²) in [7, 11) is 1.91. The highest BCUT2D eigenvalue weighted by molar-refractivity contribution is 14.0. The molecule has 0 aromatic carbocycles. The second-order valence-corrected chi connectivity index (χ2v) is 7.55. The molecular weight excluding hydrogens is 425 g/mol. The molecule has 2 saturated carbocycles. The van der Waals surface area contributed by atoms with Crippen LogP contribution in [0.5, 0.6) is 0 Å². The number of aromatic nitrogens is 1. The van der Waals surface area contributed by atoms with E-state index in [-0.39, 0.29) is 24.0 Å². The van der Waals surface area contributed by atoms with Crippen LogP contribution in [0.25, 0.3) is 0 Å². The Labute approximate surface area is 168 Å². The van der Waals surface area contributed by atoms with Crippen LogP contribution in [0.1, 0.15) is 32.1 Å². The van der Waals surface area contributed by atoms with Crippen LogP contribution in [-0.2, 0) is 0 Å². The topological polar surface area (TPSA) is 43.8 Å². The molecule has 0 unspecified atom stereocenters. The van der Waals surface area contributed by atoms with Crippen molar-refractivity contribution >= 4 is 35.8 Å². The zero-order valence-electron chi connectivity index (χ0n) is 15.2. The number of rotatable bonds is 4. The minimum atomic E-state index is 0. The van der Waals surface area contributed by atoms with E-state index in [1.165, 1.54) is 32.1 Å². The van der Waals surface area contributed by atoms with Crippen molar-refractivity contribution in [2.75, 3.05) is 44.7 Å². The second kappa shape index (κ2) is 8.10. The molecular formula is C19H30IN5. The molecule has 5 nitrogen and oxygen atoms in total. The maximum absolute atomic E-state index is 4.55.